The molecule has 20 heavy (non-hydrogen) atoms. The van der Waals surface area contributed by atoms with Gasteiger partial charge in [0.15, 0.2) is 0 Å². The SMILES string of the molecule is Cc1cc(NC(=O)C2(C)CCCO2)ccc1S(N)(=O)=O. The van der Waals surface area contributed by atoms with E-state index in [9.17, 15) is 13.2 Å². The maximum absolute atomic E-state index is 12.2. The average molecular weight is 298 g/mol. The quantitative estimate of drug-likeness (QED) is 0.874. The Balaban J connectivity index is 2.19. The second-order valence-corrected chi connectivity index (χ2v) is 6.69. The van der Waals surface area contributed by atoms with E-state index in [0.717, 1.165) is 6.42 Å². The summed E-state index contributed by atoms with van der Waals surface area (Å²) in [7, 11) is -3.74. The number of rotatable bonds is 3. The Labute approximate surface area is 118 Å². The fourth-order valence-electron chi connectivity index (χ4n) is 2.27. The topological polar surface area (TPSA) is 98.5 Å². The number of hydrogen-bond donors (Lipinski definition) is 2. The molecule has 1 fully saturated rings. The van der Waals surface area contributed by atoms with Crippen molar-refractivity contribution in [3.63, 3.8) is 0 Å². The van der Waals surface area contributed by atoms with Gasteiger partial charge in [-0.3, -0.25) is 4.79 Å². The lowest BCUT2D eigenvalue weighted by Crippen LogP contribution is -2.39. The number of aryl methyl sites for hydroxylation is 1. The minimum atomic E-state index is -3.74. The highest BCUT2D eigenvalue weighted by Crippen LogP contribution is 2.27. The molecule has 1 aliphatic heterocycles. The number of anilines is 1. The minimum Gasteiger partial charge on any atom is -0.365 e. The molecule has 6 nitrogen and oxygen atoms in total. The highest BCUT2D eigenvalue weighted by atomic mass is 32.2. The molecule has 0 saturated carbocycles. The molecule has 0 spiro atoms. The largest absolute Gasteiger partial charge is 0.365 e. The van der Waals surface area contributed by atoms with Crippen molar-refractivity contribution < 1.29 is 17.9 Å². The summed E-state index contributed by atoms with van der Waals surface area (Å²) in [5.41, 5.74) is 0.200. The van der Waals surface area contributed by atoms with E-state index >= 15 is 0 Å². The first-order valence-electron chi connectivity index (χ1n) is 6.31. The molecular formula is C13H18N2O4S. The molecule has 0 aliphatic carbocycles. The number of primary sulfonamides is 1. The third-order valence-electron chi connectivity index (χ3n) is 3.44. The van der Waals surface area contributed by atoms with Crippen LogP contribution in [0.3, 0.4) is 0 Å². The first kappa shape index (κ1) is 15.0. The number of nitrogens with two attached hydrogens (primary N) is 1. The van der Waals surface area contributed by atoms with Gasteiger partial charge in [-0.25, -0.2) is 13.6 Å². The van der Waals surface area contributed by atoms with Crippen molar-refractivity contribution in [3.05, 3.63) is 23.8 Å². The van der Waals surface area contributed by atoms with E-state index in [-0.39, 0.29) is 10.8 Å². The molecule has 110 valence electrons. The highest BCUT2D eigenvalue weighted by Gasteiger charge is 2.37. The zero-order chi connectivity index (χ0) is 15.0. The number of benzene rings is 1. The molecule has 1 saturated heterocycles. The summed E-state index contributed by atoms with van der Waals surface area (Å²) >= 11 is 0. The molecule has 1 heterocycles. The number of sulfonamides is 1. The fraction of sp³-hybridized carbons (Fsp3) is 0.462. The normalized spacial score (nSPS) is 22.8. The number of ether oxygens (including phenoxy) is 1. The lowest BCUT2D eigenvalue weighted by Gasteiger charge is -2.22. The van der Waals surface area contributed by atoms with Gasteiger partial charge < -0.3 is 10.1 Å². The van der Waals surface area contributed by atoms with Crippen molar-refractivity contribution in [2.45, 2.75) is 37.2 Å². The molecule has 0 bridgehead atoms. The first-order chi connectivity index (χ1) is 9.22. The van der Waals surface area contributed by atoms with Crippen LogP contribution < -0.4 is 10.5 Å². The van der Waals surface area contributed by atoms with Crippen LogP contribution in [0.2, 0.25) is 0 Å². The van der Waals surface area contributed by atoms with Gasteiger partial charge in [-0.2, -0.15) is 0 Å². The van der Waals surface area contributed by atoms with E-state index < -0.39 is 15.6 Å². The monoisotopic (exact) mass is 298 g/mol. The van der Waals surface area contributed by atoms with Gasteiger partial charge in [0.25, 0.3) is 5.91 Å². The number of nitrogens with one attached hydrogen (secondary N) is 1. The van der Waals surface area contributed by atoms with Crippen molar-refractivity contribution in [1.29, 1.82) is 0 Å². The third kappa shape index (κ3) is 3.00. The maximum atomic E-state index is 12.2. The Morgan fingerprint density at radius 1 is 1.45 bits per heavy atom. The predicted molar refractivity (Wildman–Crippen MR) is 74.8 cm³/mol. The molecule has 0 aromatic heterocycles. The van der Waals surface area contributed by atoms with Crippen LogP contribution in [0.5, 0.6) is 0 Å². The molecule has 0 radical (unpaired) electrons. The molecule has 1 aromatic rings. The van der Waals surface area contributed by atoms with Crippen LogP contribution in [0, 0.1) is 6.92 Å². The molecule has 3 N–H and O–H groups in total. The number of hydrogen-bond acceptors (Lipinski definition) is 4. The smallest absolute Gasteiger partial charge is 0.256 e. The van der Waals surface area contributed by atoms with Crippen molar-refractivity contribution in [3.8, 4) is 0 Å². The average Bonchev–Trinajstić information content (AvgIpc) is 2.76. The van der Waals surface area contributed by atoms with Crippen molar-refractivity contribution >= 4 is 21.6 Å². The molecule has 1 atom stereocenters. The summed E-state index contributed by atoms with van der Waals surface area (Å²) in [6, 6.07) is 4.48. The van der Waals surface area contributed by atoms with Crippen LogP contribution in [0.4, 0.5) is 5.69 Å². The van der Waals surface area contributed by atoms with Crippen LogP contribution in [-0.4, -0.2) is 26.5 Å². The number of amides is 1. The zero-order valence-electron chi connectivity index (χ0n) is 11.5. The zero-order valence-corrected chi connectivity index (χ0v) is 12.3. The van der Waals surface area contributed by atoms with E-state index in [4.69, 9.17) is 9.88 Å². The van der Waals surface area contributed by atoms with Gasteiger partial charge >= 0.3 is 0 Å². The molecule has 1 aliphatic rings. The number of carbonyl (C=O) groups is 1. The molecule has 7 heteroatoms. The van der Waals surface area contributed by atoms with Gasteiger partial charge in [-0.05, 0) is 50.5 Å². The second kappa shape index (κ2) is 5.16. The van der Waals surface area contributed by atoms with Gasteiger partial charge in [0.05, 0.1) is 4.90 Å². The lowest BCUT2D eigenvalue weighted by atomic mass is 10.0. The van der Waals surface area contributed by atoms with Crippen molar-refractivity contribution in [2.24, 2.45) is 5.14 Å². The maximum Gasteiger partial charge on any atom is 0.256 e. The lowest BCUT2D eigenvalue weighted by molar-refractivity contribution is -0.133. The van der Waals surface area contributed by atoms with E-state index in [1.807, 2.05) is 0 Å². The Hall–Kier alpha value is -1.44. The molecule has 1 amide bonds. The van der Waals surface area contributed by atoms with Crippen molar-refractivity contribution in [2.75, 3.05) is 11.9 Å². The van der Waals surface area contributed by atoms with Gasteiger partial charge in [0.1, 0.15) is 5.60 Å². The van der Waals surface area contributed by atoms with E-state index in [0.29, 0.717) is 24.3 Å². The Morgan fingerprint density at radius 3 is 2.65 bits per heavy atom. The second-order valence-electron chi connectivity index (χ2n) is 5.16. The Kier molecular flexibility index (Phi) is 3.86. The summed E-state index contributed by atoms with van der Waals surface area (Å²) in [4.78, 5) is 12.2. The van der Waals surface area contributed by atoms with Crippen LogP contribution in [0.1, 0.15) is 25.3 Å². The van der Waals surface area contributed by atoms with Gasteiger partial charge in [0.2, 0.25) is 10.0 Å². The fourth-order valence-corrected chi connectivity index (χ4v) is 3.03. The Bertz CT molecular complexity index is 634. The first-order valence-corrected chi connectivity index (χ1v) is 7.86. The molecule has 1 unspecified atom stereocenters. The van der Waals surface area contributed by atoms with E-state index in [1.165, 1.54) is 12.1 Å². The third-order valence-corrected chi connectivity index (χ3v) is 4.51. The van der Waals surface area contributed by atoms with Crippen molar-refractivity contribution in [1.82, 2.24) is 0 Å². The van der Waals surface area contributed by atoms with Crippen LogP contribution >= 0.6 is 0 Å². The van der Waals surface area contributed by atoms with Gasteiger partial charge in [0, 0.05) is 12.3 Å². The van der Waals surface area contributed by atoms with E-state index in [2.05, 4.69) is 5.32 Å². The predicted octanol–water partition coefficient (Wildman–Crippen LogP) is 1.15. The summed E-state index contributed by atoms with van der Waals surface area (Å²) in [5, 5.41) is 7.84. The molecule has 2 rings (SSSR count). The molecule has 1 aromatic carbocycles. The summed E-state index contributed by atoms with van der Waals surface area (Å²) < 4.78 is 28.1. The number of carbonyl (C=O) groups excluding carboxylic acids is 1. The standard InChI is InChI=1S/C13H18N2O4S/c1-9-8-10(4-5-11(9)20(14,17)18)15-12(16)13(2)6-3-7-19-13/h4-5,8H,3,6-7H2,1-2H3,(H,15,16)(H2,14,17,18). The summed E-state index contributed by atoms with van der Waals surface area (Å²) in [6.07, 6.45) is 1.53. The molecular weight excluding hydrogens is 280 g/mol. The highest BCUT2D eigenvalue weighted by molar-refractivity contribution is 7.89. The van der Waals surface area contributed by atoms with Crippen LogP contribution in [0.15, 0.2) is 23.1 Å². The van der Waals surface area contributed by atoms with Crippen LogP contribution in [0.25, 0.3) is 0 Å². The Morgan fingerprint density at radius 2 is 2.15 bits per heavy atom. The van der Waals surface area contributed by atoms with E-state index in [1.54, 1.807) is 19.9 Å². The minimum absolute atomic E-state index is 0.0545. The van der Waals surface area contributed by atoms with Gasteiger partial charge in [-0.1, -0.05) is 0 Å². The summed E-state index contributed by atoms with van der Waals surface area (Å²) in [5.74, 6) is -0.224. The van der Waals surface area contributed by atoms with Gasteiger partial charge in [-0.15, -0.1) is 0 Å². The summed E-state index contributed by atoms with van der Waals surface area (Å²) in [6.45, 7) is 3.96. The van der Waals surface area contributed by atoms with Crippen LogP contribution in [-0.2, 0) is 19.6 Å².